The Balaban J connectivity index is 1.79. The van der Waals surface area contributed by atoms with Gasteiger partial charge in [0.25, 0.3) is 0 Å². The third-order valence-electron chi connectivity index (χ3n) is 2.87. The third kappa shape index (κ3) is 3.09. The van der Waals surface area contributed by atoms with E-state index in [1.54, 1.807) is 12.4 Å². The molecule has 1 saturated heterocycles. The number of pyridine rings is 1. The SMILES string of the molecule is ClCc1cnccc1OCCN1CCCC1. The van der Waals surface area contributed by atoms with Crippen molar-refractivity contribution in [2.24, 2.45) is 0 Å². The van der Waals surface area contributed by atoms with Crippen LogP contribution in [0.4, 0.5) is 0 Å². The van der Waals surface area contributed by atoms with E-state index in [2.05, 4.69) is 9.88 Å². The highest BCUT2D eigenvalue weighted by Crippen LogP contribution is 2.18. The van der Waals surface area contributed by atoms with Crippen molar-refractivity contribution in [3.8, 4) is 5.75 Å². The number of hydrogen-bond donors (Lipinski definition) is 0. The van der Waals surface area contributed by atoms with Gasteiger partial charge in [0.1, 0.15) is 12.4 Å². The number of aromatic nitrogens is 1. The van der Waals surface area contributed by atoms with Crippen molar-refractivity contribution in [2.45, 2.75) is 18.7 Å². The van der Waals surface area contributed by atoms with Crippen molar-refractivity contribution < 1.29 is 4.74 Å². The maximum absolute atomic E-state index is 5.81. The molecule has 16 heavy (non-hydrogen) atoms. The molecule has 1 aromatic heterocycles. The van der Waals surface area contributed by atoms with Gasteiger partial charge < -0.3 is 4.74 Å². The van der Waals surface area contributed by atoms with Gasteiger partial charge in [-0.3, -0.25) is 9.88 Å². The lowest BCUT2D eigenvalue weighted by Crippen LogP contribution is -2.25. The van der Waals surface area contributed by atoms with Gasteiger partial charge in [-0.2, -0.15) is 0 Å². The quantitative estimate of drug-likeness (QED) is 0.739. The largest absolute Gasteiger partial charge is 0.492 e. The zero-order chi connectivity index (χ0) is 11.2. The van der Waals surface area contributed by atoms with Crippen LogP contribution in [0.5, 0.6) is 5.75 Å². The van der Waals surface area contributed by atoms with E-state index in [9.17, 15) is 0 Å². The first-order chi connectivity index (χ1) is 7.90. The topological polar surface area (TPSA) is 25.4 Å². The van der Waals surface area contributed by atoms with Gasteiger partial charge in [-0.1, -0.05) is 0 Å². The molecule has 1 fully saturated rings. The molecule has 0 saturated carbocycles. The predicted octanol–water partition coefficient (Wildman–Crippen LogP) is 2.29. The number of alkyl halides is 1. The van der Waals surface area contributed by atoms with Crippen LogP contribution in [0.15, 0.2) is 18.5 Å². The molecule has 0 amide bonds. The van der Waals surface area contributed by atoms with Crippen LogP contribution in [0.3, 0.4) is 0 Å². The van der Waals surface area contributed by atoms with Crippen molar-refractivity contribution in [2.75, 3.05) is 26.2 Å². The second-order valence-electron chi connectivity index (χ2n) is 4.01. The fourth-order valence-corrected chi connectivity index (χ4v) is 2.15. The van der Waals surface area contributed by atoms with Crippen LogP contribution in [0.25, 0.3) is 0 Å². The summed E-state index contributed by atoms with van der Waals surface area (Å²) in [4.78, 5) is 6.46. The molecule has 1 aromatic rings. The first kappa shape index (κ1) is 11.7. The molecule has 2 heterocycles. The Hall–Kier alpha value is -0.800. The summed E-state index contributed by atoms with van der Waals surface area (Å²) in [6.45, 7) is 4.15. The van der Waals surface area contributed by atoms with Crippen LogP contribution < -0.4 is 4.74 Å². The Morgan fingerprint density at radius 2 is 2.19 bits per heavy atom. The molecule has 0 atom stereocenters. The smallest absolute Gasteiger partial charge is 0.126 e. The summed E-state index contributed by atoms with van der Waals surface area (Å²) in [7, 11) is 0. The molecule has 0 radical (unpaired) electrons. The lowest BCUT2D eigenvalue weighted by atomic mass is 10.3. The van der Waals surface area contributed by atoms with Gasteiger partial charge in [0.05, 0.1) is 5.88 Å². The Morgan fingerprint density at radius 1 is 1.38 bits per heavy atom. The molecule has 0 N–H and O–H groups in total. The van der Waals surface area contributed by atoms with Crippen LogP contribution >= 0.6 is 11.6 Å². The van der Waals surface area contributed by atoms with Crippen LogP contribution in [-0.4, -0.2) is 36.1 Å². The van der Waals surface area contributed by atoms with Gasteiger partial charge >= 0.3 is 0 Å². The summed E-state index contributed by atoms with van der Waals surface area (Å²) in [6, 6.07) is 1.88. The predicted molar refractivity (Wildman–Crippen MR) is 65.0 cm³/mol. The molecule has 0 spiro atoms. The van der Waals surface area contributed by atoms with Crippen LogP contribution in [-0.2, 0) is 5.88 Å². The monoisotopic (exact) mass is 240 g/mol. The van der Waals surface area contributed by atoms with E-state index < -0.39 is 0 Å². The highest BCUT2D eigenvalue weighted by atomic mass is 35.5. The fourth-order valence-electron chi connectivity index (χ4n) is 1.95. The van der Waals surface area contributed by atoms with E-state index in [0.717, 1.165) is 24.5 Å². The van der Waals surface area contributed by atoms with Gasteiger partial charge in [-0.25, -0.2) is 0 Å². The normalized spacial score (nSPS) is 16.6. The summed E-state index contributed by atoms with van der Waals surface area (Å²) < 4.78 is 5.72. The lowest BCUT2D eigenvalue weighted by molar-refractivity contribution is 0.236. The second-order valence-corrected chi connectivity index (χ2v) is 4.28. The first-order valence-corrected chi connectivity index (χ1v) is 6.27. The molecule has 3 nitrogen and oxygen atoms in total. The average Bonchev–Trinajstić information content (AvgIpc) is 2.83. The van der Waals surface area contributed by atoms with Gasteiger partial charge in [-0.05, 0) is 32.0 Å². The number of rotatable bonds is 5. The molecule has 2 rings (SSSR count). The summed E-state index contributed by atoms with van der Waals surface area (Å²) >= 11 is 5.81. The summed E-state index contributed by atoms with van der Waals surface area (Å²) in [6.07, 6.45) is 6.14. The third-order valence-corrected chi connectivity index (χ3v) is 3.15. The first-order valence-electron chi connectivity index (χ1n) is 5.74. The Bertz CT molecular complexity index is 327. The zero-order valence-electron chi connectivity index (χ0n) is 9.36. The minimum Gasteiger partial charge on any atom is -0.492 e. The highest BCUT2D eigenvalue weighted by molar-refractivity contribution is 6.17. The van der Waals surface area contributed by atoms with E-state index in [4.69, 9.17) is 16.3 Å². The van der Waals surface area contributed by atoms with Gasteiger partial charge in [0, 0.05) is 24.5 Å². The lowest BCUT2D eigenvalue weighted by Gasteiger charge is -2.15. The minimum atomic E-state index is 0.451. The number of likely N-dealkylation sites (tertiary alicyclic amines) is 1. The Kier molecular flexibility index (Phi) is 4.43. The van der Waals surface area contributed by atoms with Crippen LogP contribution in [0, 0.1) is 0 Å². The maximum atomic E-state index is 5.81. The number of ether oxygens (including phenoxy) is 1. The van der Waals surface area contributed by atoms with Crippen molar-refractivity contribution in [3.63, 3.8) is 0 Å². The molecular formula is C12H17ClN2O. The molecule has 1 aliphatic heterocycles. The zero-order valence-corrected chi connectivity index (χ0v) is 10.1. The summed E-state index contributed by atoms with van der Waals surface area (Å²) in [5.74, 6) is 1.32. The summed E-state index contributed by atoms with van der Waals surface area (Å²) in [5.41, 5.74) is 0.964. The van der Waals surface area contributed by atoms with Gasteiger partial charge in [0.15, 0.2) is 0 Å². The van der Waals surface area contributed by atoms with Gasteiger partial charge in [0.2, 0.25) is 0 Å². The number of hydrogen-bond acceptors (Lipinski definition) is 3. The van der Waals surface area contributed by atoms with E-state index in [0.29, 0.717) is 5.88 Å². The van der Waals surface area contributed by atoms with E-state index in [1.807, 2.05) is 6.07 Å². The minimum absolute atomic E-state index is 0.451. The van der Waals surface area contributed by atoms with E-state index >= 15 is 0 Å². The highest BCUT2D eigenvalue weighted by Gasteiger charge is 2.11. The molecule has 0 aromatic carbocycles. The fraction of sp³-hybridized carbons (Fsp3) is 0.583. The van der Waals surface area contributed by atoms with Crippen LogP contribution in [0.1, 0.15) is 18.4 Å². The average molecular weight is 241 g/mol. The van der Waals surface area contributed by atoms with Crippen molar-refractivity contribution in [1.82, 2.24) is 9.88 Å². The molecule has 0 bridgehead atoms. The molecule has 1 aliphatic rings. The maximum Gasteiger partial charge on any atom is 0.126 e. The molecule has 4 heteroatoms. The molecule has 88 valence electrons. The Labute approximate surface area is 101 Å². The van der Waals surface area contributed by atoms with E-state index in [-0.39, 0.29) is 0 Å². The second kappa shape index (κ2) is 6.06. The Morgan fingerprint density at radius 3 is 2.94 bits per heavy atom. The van der Waals surface area contributed by atoms with Crippen molar-refractivity contribution in [3.05, 3.63) is 24.0 Å². The summed E-state index contributed by atoms with van der Waals surface area (Å²) in [5, 5.41) is 0. The van der Waals surface area contributed by atoms with Crippen LogP contribution in [0.2, 0.25) is 0 Å². The van der Waals surface area contributed by atoms with Crippen molar-refractivity contribution in [1.29, 1.82) is 0 Å². The van der Waals surface area contributed by atoms with E-state index in [1.165, 1.54) is 25.9 Å². The standard InChI is InChI=1S/C12H17ClN2O/c13-9-11-10-14-4-3-12(11)16-8-7-15-5-1-2-6-15/h3-4,10H,1-2,5-9H2. The van der Waals surface area contributed by atoms with Crippen molar-refractivity contribution >= 4 is 11.6 Å². The molecule has 0 unspecified atom stereocenters. The molecule has 0 aliphatic carbocycles. The number of nitrogens with zero attached hydrogens (tertiary/aromatic N) is 2. The number of halogens is 1. The van der Waals surface area contributed by atoms with Gasteiger partial charge in [-0.15, -0.1) is 11.6 Å². The molecular weight excluding hydrogens is 224 g/mol.